The van der Waals surface area contributed by atoms with Crippen molar-refractivity contribution in [2.45, 2.75) is 62.4 Å². The van der Waals surface area contributed by atoms with Crippen LogP contribution in [0.2, 0.25) is 0 Å². The van der Waals surface area contributed by atoms with Gasteiger partial charge in [-0.25, -0.2) is 22.5 Å². The van der Waals surface area contributed by atoms with E-state index >= 15 is 0 Å². The van der Waals surface area contributed by atoms with E-state index in [1.54, 1.807) is 24.3 Å². The van der Waals surface area contributed by atoms with E-state index in [-0.39, 0.29) is 22.5 Å². The fourth-order valence-electron chi connectivity index (χ4n) is 5.82. The van der Waals surface area contributed by atoms with Crippen LogP contribution >= 0.6 is 0 Å². The van der Waals surface area contributed by atoms with Gasteiger partial charge in [-0.3, -0.25) is 9.59 Å². The Bertz CT molecular complexity index is 1630. The Morgan fingerprint density at radius 2 is 1.89 bits per heavy atom. The van der Waals surface area contributed by atoms with Gasteiger partial charge in [0.25, 0.3) is 0 Å². The van der Waals surface area contributed by atoms with Crippen LogP contribution in [0.5, 0.6) is 5.75 Å². The third kappa shape index (κ3) is 7.36. The number of nitrogens with one attached hydrogen (secondary N) is 3. The van der Waals surface area contributed by atoms with Gasteiger partial charge >= 0.3 is 5.97 Å². The first-order chi connectivity index (χ1) is 21.0. The summed E-state index contributed by atoms with van der Waals surface area (Å²) in [6, 6.07) is 13.2. The number of hydrogen-bond donors (Lipinski definition) is 4. The van der Waals surface area contributed by atoms with Crippen molar-refractivity contribution < 1.29 is 32.2 Å². The second-order valence-corrected chi connectivity index (χ2v) is 13.3. The number of carboxylic acid groups (broad SMARTS) is 1. The highest BCUT2D eigenvalue weighted by molar-refractivity contribution is 7.89. The van der Waals surface area contributed by atoms with Crippen molar-refractivity contribution >= 4 is 27.7 Å². The van der Waals surface area contributed by atoms with E-state index in [1.165, 1.54) is 19.2 Å². The van der Waals surface area contributed by atoms with Crippen LogP contribution in [0.3, 0.4) is 0 Å². The predicted molar refractivity (Wildman–Crippen MR) is 162 cm³/mol. The number of amides is 1. The lowest BCUT2D eigenvalue weighted by molar-refractivity contribution is -0.138. The van der Waals surface area contributed by atoms with Gasteiger partial charge in [-0.2, -0.15) is 0 Å². The number of carbonyl (C=O) groups excluding carboxylic acids is 1. The number of carboxylic acids is 1. The van der Waals surface area contributed by atoms with E-state index < -0.39 is 46.2 Å². The summed E-state index contributed by atoms with van der Waals surface area (Å²) in [4.78, 5) is 29.7. The Balaban J connectivity index is 1.31. The maximum atomic E-state index is 14.4. The highest BCUT2D eigenvalue weighted by atomic mass is 32.2. The van der Waals surface area contributed by atoms with Crippen LogP contribution in [0.1, 0.15) is 54.1 Å². The monoisotopic (exact) mass is 624 g/mol. The summed E-state index contributed by atoms with van der Waals surface area (Å²) >= 11 is 0. The Hall–Kier alpha value is -4.03. The first-order valence-corrected chi connectivity index (χ1v) is 16.2. The SMILES string of the molecule is COc1ccc(C(CC(=O)O)NC(=O)C2CC(C(Cc3ccc4c(n3)NCCC4)NS(=O)(=O)c3ccc(C)cc3)C2)cc1F. The summed E-state index contributed by atoms with van der Waals surface area (Å²) in [7, 11) is -2.53. The third-order valence-corrected chi connectivity index (χ3v) is 9.91. The summed E-state index contributed by atoms with van der Waals surface area (Å²) in [5.41, 5.74) is 3.12. The van der Waals surface area contributed by atoms with Gasteiger partial charge in [-0.15, -0.1) is 0 Å². The summed E-state index contributed by atoms with van der Waals surface area (Å²) in [5, 5.41) is 15.5. The van der Waals surface area contributed by atoms with E-state index in [0.29, 0.717) is 24.8 Å². The molecule has 0 bridgehead atoms. The number of hydrogen-bond acceptors (Lipinski definition) is 7. The van der Waals surface area contributed by atoms with Crippen LogP contribution in [0, 0.1) is 24.6 Å². The quantitative estimate of drug-likeness (QED) is 0.235. The molecular formula is C32H37FN4O6S. The molecule has 2 unspecified atom stereocenters. The number of aromatic nitrogens is 1. The molecule has 2 heterocycles. The fraction of sp³-hybridized carbons (Fsp3) is 0.406. The molecule has 5 rings (SSSR count). The van der Waals surface area contributed by atoms with Crippen molar-refractivity contribution in [1.29, 1.82) is 0 Å². The minimum Gasteiger partial charge on any atom is -0.494 e. The van der Waals surface area contributed by atoms with Crippen molar-refractivity contribution in [3.8, 4) is 5.75 Å². The van der Waals surface area contributed by atoms with Gasteiger partial charge in [0.05, 0.1) is 24.5 Å². The lowest BCUT2D eigenvalue weighted by Gasteiger charge is -2.40. The first kappa shape index (κ1) is 31.4. The zero-order valence-corrected chi connectivity index (χ0v) is 25.5. The Morgan fingerprint density at radius 3 is 2.57 bits per heavy atom. The number of pyridine rings is 1. The van der Waals surface area contributed by atoms with Crippen molar-refractivity contribution in [2.24, 2.45) is 11.8 Å². The van der Waals surface area contributed by atoms with Gasteiger partial charge in [0.1, 0.15) is 5.82 Å². The van der Waals surface area contributed by atoms with Gasteiger partial charge in [0, 0.05) is 30.6 Å². The molecule has 0 radical (unpaired) electrons. The van der Waals surface area contributed by atoms with Crippen LogP contribution in [-0.2, 0) is 32.5 Å². The maximum Gasteiger partial charge on any atom is 0.305 e. The Morgan fingerprint density at radius 1 is 1.14 bits per heavy atom. The number of carbonyl (C=O) groups is 2. The van der Waals surface area contributed by atoms with Gasteiger partial charge in [-0.1, -0.05) is 29.8 Å². The average Bonchev–Trinajstić information content (AvgIpc) is 2.95. The molecule has 1 aliphatic heterocycles. The molecule has 10 nitrogen and oxygen atoms in total. The highest BCUT2D eigenvalue weighted by Gasteiger charge is 2.41. The second-order valence-electron chi connectivity index (χ2n) is 11.6. The van der Waals surface area contributed by atoms with Crippen molar-refractivity contribution in [1.82, 2.24) is 15.0 Å². The van der Waals surface area contributed by atoms with E-state index in [0.717, 1.165) is 48.1 Å². The topological polar surface area (TPSA) is 147 Å². The van der Waals surface area contributed by atoms with E-state index in [9.17, 15) is 27.5 Å². The molecule has 3 aromatic rings. The van der Waals surface area contributed by atoms with Crippen molar-refractivity contribution in [3.05, 3.63) is 82.8 Å². The standard InChI is InChI=1S/C32H37FN4O6S/c1-19-5-10-25(11-6-19)44(41,42)37-28(17-24-9-7-20-4-3-13-34-31(20)35-24)22-14-23(15-22)32(40)36-27(18-30(38)39)21-8-12-29(43-2)26(33)16-21/h5-12,16,22-23,27-28,37H,3-4,13-15,17-18H2,1-2H3,(H,34,35)(H,36,40)(H,38,39). The molecule has 0 saturated heterocycles. The molecule has 4 N–H and O–H groups in total. The summed E-state index contributed by atoms with van der Waals surface area (Å²) in [6.07, 6.45) is 2.67. The van der Waals surface area contributed by atoms with Crippen LogP contribution in [0.25, 0.3) is 0 Å². The lowest BCUT2D eigenvalue weighted by atomic mass is 9.70. The molecule has 1 fully saturated rings. The van der Waals surface area contributed by atoms with Crippen LogP contribution in [0.15, 0.2) is 59.5 Å². The molecule has 1 aliphatic carbocycles. The zero-order valence-electron chi connectivity index (χ0n) is 24.7. The van der Waals surface area contributed by atoms with E-state index in [1.807, 2.05) is 19.1 Å². The molecular weight excluding hydrogens is 587 g/mol. The third-order valence-electron chi connectivity index (χ3n) is 8.41. The number of nitrogens with zero attached hydrogens (tertiary/aromatic N) is 1. The average molecular weight is 625 g/mol. The summed E-state index contributed by atoms with van der Waals surface area (Å²) in [6.45, 7) is 2.71. The number of aliphatic carboxylic acids is 1. The number of aryl methyl sites for hydroxylation is 2. The Kier molecular flexibility index (Phi) is 9.50. The van der Waals surface area contributed by atoms with Crippen LogP contribution in [0.4, 0.5) is 10.2 Å². The van der Waals surface area contributed by atoms with Crippen LogP contribution in [-0.4, -0.2) is 50.1 Å². The number of benzene rings is 2. The normalized spacial score (nSPS) is 19.1. The number of sulfonamides is 1. The second kappa shape index (κ2) is 13.3. The molecule has 234 valence electrons. The van der Waals surface area contributed by atoms with Gasteiger partial charge in [0.2, 0.25) is 15.9 Å². The van der Waals surface area contributed by atoms with Crippen molar-refractivity contribution in [3.63, 3.8) is 0 Å². The fourth-order valence-corrected chi connectivity index (χ4v) is 7.12. The number of anilines is 1. The maximum absolute atomic E-state index is 14.4. The molecule has 2 aliphatic rings. The molecule has 2 atom stereocenters. The predicted octanol–water partition coefficient (Wildman–Crippen LogP) is 4.14. The molecule has 12 heteroatoms. The number of halogens is 1. The minimum atomic E-state index is -3.86. The van der Waals surface area contributed by atoms with Crippen LogP contribution < -0.4 is 20.1 Å². The molecule has 1 amide bonds. The summed E-state index contributed by atoms with van der Waals surface area (Å²) in [5.74, 6) is -1.95. The number of methoxy groups -OCH3 is 1. The molecule has 1 aromatic heterocycles. The molecule has 44 heavy (non-hydrogen) atoms. The number of ether oxygens (including phenoxy) is 1. The zero-order chi connectivity index (χ0) is 31.4. The van der Waals surface area contributed by atoms with E-state index in [4.69, 9.17) is 9.72 Å². The van der Waals surface area contributed by atoms with Crippen molar-refractivity contribution in [2.75, 3.05) is 19.0 Å². The smallest absolute Gasteiger partial charge is 0.305 e. The summed E-state index contributed by atoms with van der Waals surface area (Å²) < 4.78 is 49.0. The largest absolute Gasteiger partial charge is 0.494 e. The molecule has 1 saturated carbocycles. The van der Waals surface area contributed by atoms with Gasteiger partial charge in [0.15, 0.2) is 11.6 Å². The molecule has 0 spiro atoms. The highest BCUT2D eigenvalue weighted by Crippen LogP contribution is 2.39. The first-order valence-electron chi connectivity index (χ1n) is 14.7. The van der Waals surface area contributed by atoms with Gasteiger partial charge in [-0.05, 0) is 80.0 Å². The Labute approximate surface area is 256 Å². The molecule has 2 aromatic carbocycles. The van der Waals surface area contributed by atoms with Gasteiger partial charge < -0.3 is 20.5 Å². The number of fused-ring (bicyclic) bond motifs is 1. The lowest BCUT2D eigenvalue weighted by Crippen LogP contribution is -2.50. The number of rotatable bonds is 12. The van der Waals surface area contributed by atoms with E-state index in [2.05, 4.69) is 15.4 Å². The minimum absolute atomic E-state index is 0.0133.